The average Bonchev–Trinajstić information content (AvgIpc) is 3.05. The van der Waals surface area contributed by atoms with Crippen molar-refractivity contribution in [3.8, 4) is 24.1 Å². The molecule has 2 aromatic rings. The Kier molecular flexibility index (Phi) is 16.4. The van der Waals surface area contributed by atoms with E-state index in [1.807, 2.05) is 34.6 Å². The predicted octanol–water partition coefficient (Wildman–Crippen LogP) is 6.16. The number of nitrogens with zero attached hydrogens (tertiary/aromatic N) is 4. The van der Waals surface area contributed by atoms with Crippen LogP contribution in [0.4, 0.5) is 18.0 Å². The van der Waals surface area contributed by atoms with E-state index in [2.05, 4.69) is 26.2 Å². The molecule has 1 aliphatic heterocycles. The number of aliphatic imine (C=N–C) groups is 1. The maximum absolute atomic E-state index is 14.1. The molecule has 1 amide bonds. The van der Waals surface area contributed by atoms with Crippen LogP contribution >= 0.6 is 0 Å². The van der Waals surface area contributed by atoms with Gasteiger partial charge < -0.3 is 30.2 Å². The Labute approximate surface area is 306 Å². The zero-order valence-corrected chi connectivity index (χ0v) is 32.1. The van der Waals surface area contributed by atoms with Gasteiger partial charge in [-0.1, -0.05) is 6.92 Å². The lowest BCUT2D eigenvalue weighted by Crippen LogP contribution is -2.50. The number of amides is 1. The number of terminal acetylenes is 1. The van der Waals surface area contributed by atoms with Crippen molar-refractivity contribution < 1.29 is 37.0 Å². The summed E-state index contributed by atoms with van der Waals surface area (Å²) in [4.78, 5) is 38.4. The van der Waals surface area contributed by atoms with Crippen LogP contribution in [0.5, 0.6) is 11.8 Å². The molecular weight excluding hydrogens is 677 g/mol. The highest BCUT2D eigenvalue weighted by Crippen LogP contribution is 2.29. The second kappa shape index (κ2) is 19.5. The molecule has 5 atom stereocenters. The number of amidine groups is 1. The lowest BCUT2D eigenvalue weighted by Gasteiger charge is -2.39. The summed E-state index contributed by atoms with van der Waals surface area (Å²) in [5, 5.41) is 2.84. The monoisotopic (exact) mass is 732 g/mol. The summed E-state index contributed by atoms with van der Waals surface area (Å²) in [5.74, 6) is 2.13. The second-order valence-corrected chi connectivity index (χ2v) is 14.5. The molecule has 14 heteroatoms. The fourth-order valence-electron chi connectivity index (χ4n) is 5.29. The number of likely N-dealkylation sites (tertiary alicyclic amines) is 1. The van der Waals surface area contributed by atoms with Crippen LogP contribution in [-0.4, -0.2) is 89.8 Å². The van der Waals surface area contributed by atoms with E-state index in [4.69, 9.17) is 26.4 Å². The van der Waals surface area contributed by atoms with E-state index in [-0.39, 0.29) is 65.5 Å². The van der Waals surface area contributed by atoms with Gasteiger partial charge in [0.1, 0.15) is 41.4 Å². The van der Waals surface area contributed by atoms with Crippen LogP contribution in [0.15, 0.2) is 29.3 Å². The Hall–Kier alpha value is -4.38. The number of alkyl halides is 1. The van der Waals surface area contributed by atoms with Crippen molar-refractivity contribution in [2.24, 2.45) is 16.6 Å². The van der Waals surface area contributed by atoms with E-state index in [1.165, 1.54) is 14.0 Å². The van der Waals surface area contributed by atoms with Gasteiger partial charge in [0, 0.05) is 51.0 Å². The summed E-state index contributed by atoms with van der Waals surface area (Å²) in [6.07, 6.45) is 5.42. The highest BCUT2D eigenvalue weighted by atomic mass is 19.1. The van der Waals surface area contributed by atoms with Crippen LogP contribution < -0.4 is 20.5 Å². The zero-order chi connectivity index (χ0) is 39.4. The van der Waals surface area contributed by atoms with Crippen molar-refractivity contribution in [3.05, 3.63) is 47.3 Å². The van der Waals surface area contributed by atoms with Gasteiger partial charge >= 0.3 is 6.09 Å². The highest BCUT2D eigenvalue weighted by molar-refractivity contribution is 5.94. The van der Waals surface area contributed by atoms with Gasteiger partial charge in [-0.15, -0.1) is 12.3 Å². The van der Waals surface area contributed by atoms with Gasteiger partial charge in [-0.05, 0) is 86.1 Å². The number of benzene rings is 1. The smallest absolute Gasteiger partial charge is 0.410 e. The molecular formula is C38H55F3N6O5. The first kappa shape index (κ1) is 43.8. The molecule has 2 heterocycles. The number of nitrogens with one attached hydrogen (secondary N) is 1. The number of carbonyl (C=O) groups excluding carboxylic acids is 2. The SMILES string of the molecule is C#CC[C@@H]1C[C@@H](Oc2cc(O[C@@H](C)[C@@H](C)C[C@@H](F)CNC)nc(C(N)=NC)n2)CCN1C(=O)OC(C)(C)C.CC(=O)C(C)(C)c1cc(F)ccc1F. The van der Waals surface area contributed by atoms with Crippen LogP contribution in [0, 0.1) is 29.9 Å². The van der Waals surface area contributed by atoms with Crippen molar-refractivity contribution in [3.63, 3.8) is 0 Å². The summed E-state index contributed by atoms with van der Waals surface area (Å²) in [6.45, 7) is 14.5. The van der Waals surface area contributed by atoms with Gasteiger partial charge in [0.05, 0.1) is 11.5 Å². The molecule has 3 N–H and O–H groups in total. The fourth-order valence-corrected chi connectivity index (χ4v) is 5.29. The Balaban J connectivity index is 0.000000557. The Bertz CT molecular complexity index is 1580. The van der Waals surface area contributed by atoms with E-state index in [0.29, 0.717) is 32.2 Å². The minimum atomic E-state index is -0.980. The first-order valence-corrected chi connectivity index (χ1v) is 17.4. The molecule has 0 saturated carbocycles. The van der Waals surface area contributed by atoms with Gasteiger partial charge in [-0.2, -0.15) is 9.97 Å². The molecule has 0 unspecified atom stereocenters. The minimum Gasteiger partial charge on any atom is -0.474 e. The van der Waals surface area contributed by atoms with Gasteiger partial charge in [0.2, 0.25) is 17.6 Å². The van der Waals surface area contributed by atoms with Gasteiger partial charge in [0.15, 0.2) is 5.84 Å². The molecule has 0 bridgehead atoms. The first-order valence-electron chi connectivity index (χ1n) is 17.4. The number of hydrogen-bond acceptors (Lipinski definition) is 9. The van der Waals surface area contributed by atoms with Gasteiger partial charge in [0.25, 0.3) is 0 Å². The summed E-state index contributed by atoms with van der Waals surface area (Å²) < 4.78 is 58.1. The number of aromatic nitrogens is 2. The van der Waals surface area contributed by atoms with E-state index in [1.54, 1.807) is 31.9 Å². The third-order valence-corrected chi connectivity index (χ3v) is 8.73. The normalized spacial score (nSPS) is 18.2. The average molecular weight is 733 g/mol. The van der Waals surface area contributed by atoms with E-state index in [9.17, 15) is 22.8 Å². The number of rotatable bonds is 13. The Morgan fingerprint density at radius 1 is 1.15 bits per heavy atom. The number of carbonyl (C=O) groups is 2. The van der Waals surface area contributed by atoms with E-state index < -0.39 is 34.9 Å². The maximum atomic E-state index is 14.1. The second-order valence-electron chi connectivity index (χ2n) is 14.5. The summed E-state index contributed by atoms with van der Waals surface area (Å²) in [5.41, 5.74) is 4.51. The number of hydrogen-bond donors (Lipinski definition) is 2. The number of ether oxygens (including phenoxy) is 3. The highest BCUT2D eigenvalue weighted by Gasteiger charge is 2.35. The van der Waals surface area contributed by atoms with Crippen LogP contribution in [0.1, 0.15) is 92.5 Å². The molecule has 1 aromatic carbocycles. The van der Waals surface area contributed by atoms with E-state index >= 15 is 0 Å². The fraction of sp³-hybridized carbons (Fsp3) is 0.605. The summed E-state index contributed by atoms with van der Waals surface area (Å²) >= 11 is 0. The third-order valence-electron chi connectivity index (χ3n) is 8.73. The molecule has 52 heavy (non-hydrogen) atoms. The number of Topliss-reactive ketones (excluding diaryl/α,β-unsaturated/α-hetero) is 1. The van der Waals surface area contributed by atoms with Gasteiger partial charge in [-0.25, -0.2) is 18.0 Å². The lowest BCUT2D eigenvalue weighted by atomic mass is 9.81. The zero-order valence-electron chi connectivity index (χ0n) is 32.1. The topological polar surface area (TPSA) is 141 Å². The van der Waals surface area contributed by atoms with Crippen molar-refractivity contribution in [2.75, 3.05) is 27.2 Å². The predicted molar refractivity (Wildman–Crippen MR) is 195 cm³/mol. The van der Waals surface area contributed by atoms with Gasteiger partial charge in [-0.3, -0.25) is 9.79 Å². The molecule has 3 rings (SSSR count). The van der Waals surface area contributed by atoms with E-state index in [0.717, 1.165) is 18.2 Å². The standard InChI is InChI=1S/C27H43FN6O4.C11H12F2O/c1-9-10-20-14-21(11-12-34(20)26(35)38-27(4,5)6)37-23-15-22(32-25(33-23)24(29)31-8)36-18(3)17(2)13-19(28)16-30-7;1-7(14)11(2,3)9-6-8(12)4-5-10(9)13/h1,15,17-21,30H,10-14,16H2,2-8H3,(H2,29,31);4-6H,1-3H3/t17-,18-,19+,20+,21-;/m0./s1. The summed E-state index contributed by atoms with van der Waals surface area (Å²) in [6, 6.07) is 4.49. The van der Waals surface area contributed by atoms with Crippen LogP contribution in [0.3, 0.4) is 0 Å². The molecule has 1 aliphatic rings. The third kappa shape index (κ3) is 13.3. The Morgan fingerprint density at radius 3 is 2.38 bits per heavy atom. The lowest BCUT2D eigenvalue weighted by molar-refractivity contribution is -0.121. The number of piperidine rings is 1. The first-order chi connectivity index (χ1) is 24.2. The maximum Gasteiger partial charge on any atom is 0.410 e. The molecule has 1 aromatic heterocycles. The van der Waals surface area contributed by atoms with Crippen molar-refractivity contribution in [1.29, 1.82) is 0 Å². The molecule has 1 fully saturated rings. The van der Waals surface area contributed by atoms with Crippen molar-refractivity contribution in [1.82, 2.24) is 20.2 Å². The molecule has 1 saturated heterocycles. The molecule has 288 valence electrons. The quantitative estimate of drug-likeness (QED) is 0.141. The number of halogens is 3. The molecule has 0 spiro atoms. The van der Waals surface area contributed by atoms with Crippen molar-refractivity contribution in [2.45, 2.75) is 117 Å². The summed E-state index contributed by atoms with van der Waals surface area (Å²) in [7, 11) is 3.26. The van der Waals surface area contributed by atoms with Crippen molar-refractivity contribution >= 4 is 17.7 Å². The van der Waals surface area contributed by atoms with Crippen LogP contribution in [0.25, 0.3) is 0 Å². The number of nitrogens with two attached hydrogens (primary N) is 1. The molecule has 11 nitrogen and oxygen atoms in total. The molecule has 0 radical (unpaired) electrons. The van der Waals surface area contributed by atoms with Crippen LogP contribution in [-0.2, 0) is 14.9 Å². The largest absolute Gasteiger partial charge is 0.474 e. The Morgan fingerprint density at radius 2 is 1.81 bits per heavy atom. The number of ketones is 1. The molecule has 0 aliphatic carbocycles. The van der Waals surface area contributed by atoms with Crippen LogP contribution in [0.2, 0.25) is 0 Å². The minimum absolute atomic E-state index is 0.0694.